The Morgan fingerprint density at radius 3 is 2.18 bits per heavy atom. The molecular weight excluding hydrogens is 653 g/mol. The van der Waals surface area contributed by atoms with Crippen molar-refractivity contribution in [3.63, 3.8) is 0 Å². The van der Waals surface area contributed by atoms with Crippen molar-refractivity contribution < 1.29 is 52.4 Å². The predicted octanol–water partition coefficient (Wildman–Crippen LogP) is 5.03. The lowest BCUT2D eigenvalue weighted by atomic mass is 9.85. The number of nitrogens with one attached hydrogen (secondary N) is 1. The van der Waals surface area contributed by atoms with E-state index >= 15 is 4.39 Å². The van der Waals surface area contributed by atoms with Gasteiger partial charge in [0.2, 0.25) is 6.23 Å². The van der Waals surface area contributed by atoms with Crippen LogP contribution in [0.5, 0.6) is 11.5 Å². The number of rotatable bonds is 13. The Labute approximate surface area is 289 Å². The number of likely N-dealkylation sites (tertiary alicyclic amines) is 1. The van der Waals surface area contributed by atoms with Crippen molar-refractivity contribution in [1.82, 2.24) is 10.2 Å². The summed E-state index contributed by atoms with van der Waals surface area (Å²) < 4.78 is 43.4. The fraction of sp³-hybridized carbons (Fsp3) is 0.389. The number of ether oxygens (including phenoxy) is 5. The second-order valence-corrected chi connectivity index (χ2v) is 12.0. The first kappa shape index (κ1) is 37.6. The monoisotopic (exact) mass is 695 g/mol. The van der Waals surface area contributed by atoms with E-state index in [2.05, 4.69) is 5.32 Å². The lowest BCUT2D eigenvalue weighted by Gasteiger charge is -2.36. The van der Waals surface area contributed by atoms with E-state index in [1.54, 1.807) is 58.3 Å². The second-order valence-electron chi connectivity index (χ2n) is 12.0. The molecule has 2 amide bonds. The van der Waals surface area contributed by atoms with Gasteiger partial charge >= 0.3 is 12.1 Å². The molecule has 3 aromatic carbocycles. The molecule has 1 heterocycles. The van der Waals surface area contributed by atoms with E-state index in [9.17, 15) is 24.3 Å². The number of hydrogen-bond acceptors (Lipinski definition) is 10. The Morgan fingerprint density at radius 1 is 0.940 bits per heavy atom. The van der Waals surface area contributed by atoms with Gasteiger partial charge in [0, 0.05) is 46.3 Å². The molecular formula is C36H42FN3O10. The molecule has 0 radical (unpaired) electrons. The Kier molecular flexibility index (Phi) is 12.7. The summed E-state index contributed by atoms with van der Waals surface area (Å²) >= 11 is 0. The van der Waals surface area contributed by atoms with E-state index in [0.29, 0.717) is 16.9 Å². The topological polar surface area (TPSA) is 153 Å². The molecule has 3 atom stereocenters. The zero-order valence-corrected chi connectivity index (χ0v) is 28.9. The predicted molar refractivity (Wildman–Crippen MR) is 180 cm³/mol. The molecule has 1 fully saturated rings. The Morgan fingerprint density at radius 2 is 1.58 bits per heavy atom. The van der Waals surface area contributed by atoms with Crippen LogP contribution in [0.4, 0.5) is 14.9 Å². The van der Waals surface area contributed by atoms with Crippen LogP contribution in [0.15, 0.2) is 54.6 Å². The van der Waals surface area contributed by atoms with Gasteiger partial charge < -0.3 is 39.0 Å². The summed E-state index contributed by atoms with van der Waals surface area (Å²) in [6.45, 7) is 3.03. The lowest BCUT2D eigenvalue weighted by molar-refractivity contribution is -0.0416. The molecule has 14 heteroatoms. The summed E-state index contributed by atoms with van der Waals surface area (Å²) in [4.78, 5) is 57.1. The maximum Gasteiger partial charge on any atom is 0.410 e. The molecule has 0 spiro atoms. The van der Waals surface area contributed by atoms with Crippen LogP contribution in [0.25, 0.3) is 0 Å². The van der Waals surface area contributed by atoms with Crippen LogP contribution < -0.4 is 19.7 Å². The van der Waals surface area contributed by atoms with E-state index in [0.717, 1.165) is 4.90 Å². The van der Waals surface area contributed by atoms with Crippen LogP contribution in [-0.4, -0.2) is 94.5 Å². The summed E-state index contributed by atoms with van der Waals surface area (Å²) in [7, 11) is 6.06. The number of carbonyl (C=O) groups is 4. The number of methoxy groups -OCH3 is 2. The molecule has 3 aromatic rings. The van der Waals surface area contributed by atoms with Gasteiger partial charge in [-0.1, -0.05) is 18.2 Å². The lowest BCUT2D eigenvalue weighted by Crippen LogP contribution is -2.58. The molecule has 13 nitrogen and oxygen atoms in total. The SMILES string of the molecule is COCOc1ccc(N(C)C)c(F)c1C(=O)C1CCCN(C(=O)O)C(OC(=O)c2ccccc2)C1NC(=O)c1cc(C)c(OCOC)c(C)c1. The number of carbonyl (C=O) groups excluding carboxylic acids is 3. The number of Topliss-reactive ketones (excluding diaryl/α,β-unsaturated/α-hetero) is 1. The van der Waals surface area contributed by atoms with E-state index in [1.807, 2.05) is 0 Å². The third-order valence-corrected chi connectivity index (χ3v) is 8.27. The normalized spacial score (nSPS) is 17.3. The highest BCUT2D eigenvalue weighted by molar-refractivity contribution is 6.03. The van der Waals surface area contributed by atoms with E-state index in [4.69, 9.17) is 23.7 Å². The van der Waals surface area contributed by atoms with Crippen LogP contribution in [-0.2, 0) is 14.2 Å². The first-order valence-corrected chi connectivity index (χ1v) is 15.8. The van der Waals surface area contributed by atoms with Gasteiger partial charge in [0.15, 0.2) is 25.2 Å². The van der Waals surface area contributed by atoms with Gasteiger partial charge in [0.1, 0.15) is 11.5 Å². The zero-order valence-electron chi connectivity index (χ0n) is 28.9. The number of esters is 1. The Bertz CT molecular complexity index is 1680. The van der Waals surface area contributed by atoms with Crippen molar-refractivity contribution in [2.75, 3.05) is 53.3 Å². The minimum atomic E-state index is -1.68. The molecule has 0 saturated carbocycles. The molecule has 0 bridgehead atoms. The number of anilines is 1. The number of carboxylic acid groups (broad SMARTS) is 1. The minimum Gasteiger partial charge on any atom is -0.467 e. The fourth-order valence-corrected chi connectivity index (χ4v) is 5.95. The largest absolute Gasteiger partial charge is 0.467 e. The Balaban J connectivity index is 1.86. The summed E-state index contributed by atoms with van der Waals surface area (Å²) in [5, 5.41) is 13.1. The quantitative estimate of drug-likeness (QED) is 0.141. The maximum atomic E-state index is 16.2. The van der Waals surface area contributed by atoms with Gasteiger partial charge in [-0.3, -0.25) is 14.5 Å². The van der Waals surface area contributed by atoms with Crippen LogP contribution in [0, 0.1) is 25.6 Å². The van der Waals surface area contributed by atoms with Crippen molar-refractivity contribution in [2.45, 2.75) is 39.0 Å². The molecule has 0 aliphatic carbocycles. The number of ketones is 1. The highest BCUT2D eigenvalue weighted by Gasteiger charge is 2.46. The zero-order chi connectivity index (χ0) is 36.5. The number of hydrogen-bond donors (Lipinski definition) is 2. The van der Waals surface area contributed by atoms with Crippen LogP contribution >= 0.6 is 0 Å². The maximum absolute atomic E-state index is 16.2. The van der Waals surface area contributed by atoms with Gasteiger partial charge in [-0.2, -0.15) is 0 Å². The van der Waals surface area contributed by atoms with Crippen molar-refractivity contribution in [3.8, 4) is 11.5 Å². The van der Waals surface area contributed by atoms with E-state index in [1.165, 1.54) is 43.4 Å². The van der Waals surface area contributed by atoms with Gasteiger partial charge in [-0.15, -0.1) is 0 Å². The molecule has 1 saturated heterocycles. The second kappa shape index (κ2) is 16.9. The number of amides is 2. The highest BCUT2D eigenvalue weighted by atomic mass is 19.1. The van der Waals surface area contributed by atoms with Crippen molar-refractivity contribution in [1.29, 1.82) is 0 Å². The summed E-state index contributed by atoms with van der Waals surface area (Å²) in [6.07, 6.45) is -3.00. The smallest absolute Gasteiger partial charge is 0.410 e. The van der Waals surface area contributed by atoms with Crippen LogP contribution in [0.1, 0.15) is 55.0 Å². The van der Waals surface area contributed by atoms with Gasteiger partial charge in [0.25, 0.3) is 5.91 Å². The number of nitrogens with zero attached hydrogens (tertiary/aromatic N) is 2. The molecule has 1 aliphatic heterocycles. The molecule has 3 unspecified atom stereocenters. The van der Waals surface area contributed by atoms with E-state index < -0.39 is 53.3 Å². The standard InChI is InChI=1S/C36H42FN3O10/c1-21-17-24(18-22(2)32(21)49-20-47-6)33(42)38-30-25(31(41)28-27(48-19-46-5)15-14-26(29(28)37)39(3)4)13-10-16-40(36(44)45)34(30)50-35(43)23-11-8-7-9-12-23/h7-9,11-12,14-15,17-18,25,30,34H,10,13,16,19-20H2,1-6H3,(H,38,42)(H,44,45). The summed E-state index contributed by atoms with van der Waals surface area (Å²) in [5.41, 5.74) is 1.19. The summed E-state index contributed by atoms with van der Waals surface area (Å²) in [5.74, 6) is -4.12. The van der Waals surface area contributed by atoms with Gasteiger partial charge in [-0.25, -0.2) is 14.0 Å². The summed E-state index contributed by atoms with van der Waals surface area (Å²) in [6, 6.07) is 12.4. The van der Waals surface area contributed by atoms with Crippen molar-refractivity contribution in [2.24, 2.45) is 5.92 Å². The highest BCUT2D eigenvalue weighted by Crippen LogP contribution is 2.36. The van der Waals surface area contributed by atoms with Gasteiger partial charge in [-0.05, 0) is 74.2 Å². The molecule has 0 aromatic heterocycles. The number of aryl methyl sites for hydroxylation is 2. The number of halogens is 1. The molecule has 268 valence electrons. The third kappa shape index (κ3) is 8.50. The fourth-order valence-electron chi connectivity index (χ4n) is 5.95. The molecule has 1 aliphatic rings. The molecule has 2 N–H and O–H groups in total. The molecule has 50 heavy (non-hydrogen) atoms. The van der Waals surface area contributed by atoms with Crippen molar-refractivity contribution in [3.05, 3.63) is 88.2 Å². The first-order chi connectivity index (χ1) is 23.9. The van der Waals surface area contributed by atoms with Gasteiger partial charge in [0.05, 0.1) is 22.9 Å². The third-order valence-electron chi connectivity index (χ3n) is 8.27. The van der Waals surface area contributed by atoms with Crippen LogP contribution in [0.3, 0.4) is 0 Å². The average Bonchev–Trinajstić information content (AvgIpc) is 3.26. The first-order valence-electron chi connectivity index (χ1n) is 15.8. The van der Waals surface area contributed by atoms with Crippen molar-refractivity contribution >= 4 is 29.4 Å². The number of benzene rings is 3. The Hall–Kier alpha value is -5.21. The average molecular weight is 696 g/mol. The van der Waals surface area contributed by atoms with Crippen LogP contribution in [0.2, 0.25) is 0 Å². The minimum absolute atomic E-state index is 0.00412. The molecule has 4 rings (SSSR count). The van der Waals surface area contributed by atoms with E-state index in [-0.39, 0.29) is 55.5 Å².